The van der Waals surface area contributed by atoms with Crippen molar-refractivity contribution in [1.29, 1.82) is 0 Å². The van der Waals surface area contributed by atoms with Crippen molar-refractivity contribution >= 4 is 33.4 Å². The summed E-state index contributed by atoms with van der Waals surface area (Å²) < 4.78 is 28.7. The van der Waals surface area contributed by atoms with Gasteiger partial charge in [0.25, 0.3) is 0 Å². The number of carbonyl (C=O) groups excluding carboxylic acids is 1. The molecule has 2 aromatic carbocycles. The third kappa shape index (κ3) is 6.32. The van der Waals surface area contributed by atoms with Gasteiger partial charge in [0.05, 0.1) is 10.6 Å². The second-order valence-corrected chi connectivity index (χ2v) is 10.7. The van der Waals surface area contributed by atoms with Crippen LogP contribution in [0, 0.1) is 5.92 Å². The molecular weight excluding hydrogens is 430 g/mol. The highest BCUT2D eigenvalue weighted by Crippen LogP contribution is 2.29. The molecule has 2 aromatic rings. The summed E-state index contributed by atoms with van der Waals surface area (Å²) in [5.41, 5.74) is 2.64. The largest absolute Gasteiger partial charge is 0.325 e. The van der Waals surface area contributed by atoms with Gasteiger partial charge in [-0.1, -0.05) is 38.1 Å². The number of benzene rings is 2. The van der Waals surface area contributed by atoms with Crippen LogP contribution in [0.3, 0.4) is 0 Å². The summed E-state index contributed by atoms with van der Waals surface area (Å²) in [5, 5.41) is 2.84. The number of nitrogens with one attached hydrogen (secondary N) is 2. The molecule has 0 aromatic heterocycles. The molecule has 0 bridgehead atoms. The van der Waals surface area contributed by atoms with E-state index in [1.807, 2.05) is 24.5 Å². The van der Waals surface area contributed by atoms with Crippen LogP contribution in [0.1, 0.15) is 37.8 Å². The molecule has 1 amide bonds. The van der Waals surface area contributed by atoms with Crippen LogP contribution in [0.15, 0.2) is 52.3 Å². The minimum Gasteiger partial charge on any atom is -0.325 e. The van der Waals surface area contributed by atoms with Gasteiger partial charge in [-0.05, 0) is 61.5 Å². The van der Waals surface area contributed by atoms with Crippen molar-refractivity contribution in [2.75, 3.05) is 24.7 Å². The van der Waals surface area contributed by atoms with Crippen LogP contribution in [0.4, 0.5) is 5.69 Å². The summed E-state index contributed by atoms with van der Waals surface area (Å²) in [6, 6.07) is 12.8. The molecule has 3 rings (SSSR count). The van der Waals surface area contributed by atoms with Gasteiger partial charge in [0.2, 0.25) is 15.9 Å². The van der Waals surface area contributed by atoms with Crippen LogP contribution in [0.25, 0.3) is 0 Å². The first-order valence-corrected chi connectivity index (χ1v) is 13.3. The number of nitrogens with zero attached hydrogens (tertiary/aromatic N) is 1. The van der Waals surface area contributed by atoms with Crippen molar-refractivity contribution in [1.82, 2.24) is 9.62 Å². The number of thioether (sulfide) groups is 1. The van der Waals surface area contributed by atoms with Crippen molar-refractivity contribution < 1.29 is 13.2 Å². The minimum atomic E-state index is -3.73. The van der Waals surface area contributed by atoms with Gasteiger partial charge in [-0.15, -0.1) is 11.8 Å². The number of anilines is 1. The van der Waals surface area contributed by atoms with Crippen LogP contribution in [-0.2, 0) is 27.9 Å². The number of carbonyl (C=O) groups is 1. The van der Waals surface area contributed by atoms with E-state index in [2.05, 4.69) is 21.0 Å². The Balaban J connectivity index is 1.76. The Hall–Kier alpha value is -1.87. The average Bonchev–Trinajstić information content (AvgIpc) is 3.26. The molecule has 0 spiro atoms. The Bertz CT molecular complexity index is 1020. The van der Waals surface area contributed by atoms with Gasteiger partial charge in [-0.25, -0.2) is 13.1 Å². The maximum Gasteiger partial charge on any atom is 0.240 e. The van der Waals surface area contributed by atoms with Crippen molar-refractivity contribution in [3.05, 3.63) is 53.6 Å². The van der Waals surface area contributed by atoms with Gasteiger partial charge in [0.1, 0.15) is 0 Å². The Morgan fingerprint density at radius 3 is 2.42 bits per heavy atom. The normalized spacial score (nSPS) is 14.8. The summed E-state index contributed by atoms with van der Waals surface area (Å²) in [7, 11) is -3.73. The highest BCUT2D eigenvalue weighted by Gasteiger charge is 2.19. The molecule has 1 heterocycles. The first-order valence-electron chi connectivity index (χ1n) is 10.6. The van der Waals surface area contributed by atoms with Gasteiger partial charge in [0.15, 0.2) is 0 Å². The third-order valence-electron chi connectivity index (χ3n) is 5.43. The lowest BCUT2D eigenvalue weighted by Gasteiger charge is -2.18. The fourth-order valence-electron chi connectivity index (χ4n) is 3.55. The zero-order chi connectivity index (χ0) is 22.4. The number of hydrogen-bond acceptors (Lipinski definition) is 5. The molecule has 0 aliphatic carbocycles. The Labute approximate surface area is 189 Å². The quantitative estimate of drug-likeness (QED) is 0.550. The second-order valence-electron chi connectivity index (χ2n) is 8.08. The van der Waals surface area contributed by atoms with Gasteiger partial charge < -0.3 is 5.32 Å². The monoisotopic (exact) mass is 461 g/mol. The second kappa shape index (κ2) is 10.6. The van der Waals surface area contributed by atoms with Gasteiger partial charge in [-0.2, -0.15) is 0 Å². The van der Waals surface area contributed by atoms with E-state index < -0.39 is 10.0 Å². The Kier molecular flexibility index (Phi) is 8.16. The zero-order valence-corrected chi connectivity index (χ0v) is 20.0. The molecule has 31 heavy (non-hydrogen) atoms. The summed E-state index contributed by atoms with van der Waals surface area (Å²) in [6.07, 6.45) is 4.33. The smallest absolute Gasteiger partial charge is 0.240 e. The number of hydrogen-bond donors (Lipinski definition) is 2. The summed E-state index contributed by atoms with van der Waals surface area (Å²) >= 11 is 1.46. The maximum atomic E-state index is 13.0. The van der Waals surface area contributed by atoms with Crippen LogP contribution >= 0.6 is 11.8 Å². The molecule has 1 aliphatic heterocycles. The highest BCUT2D eigenvalue weighted by atomic mass is 32.2. The molecule has 1 fully saturated rings. The van der Waals surface area contributed by atoms with E-state index in [4.69, 9.17) is 0 Å². The Morgan fingerprint density at radius 2 is 1.77 bits per heavy atom. The summed E-state index contributed by atoms with van der Waals surface area (Å²) in [5.74, 6) is -0.339. The van der Waals surface area contributed by atoms with Gasteiger partial charge in [0, 0.05) is 23.9 Å². The van der Waals surface area contributed by atoms with Gasteiger partial charge in [-0.3, -0.25) is 9.69 Å². The summed E-state index contributed by atoms with van der Waals surface area (Å²) in [6.45, 7) is 6.85. The number of rotatable bonds is 9. The van der Waals surface area contributed by atoms with Crippen molar-refractivity contribution in [3.63, 3.8) is 0 Å². The molecule has 0 unspecified atom stereocenters. The third-order valence-corrected chi connectivity index (χ3v) is 7.62. The van der Waals surface area contributed by atoms with Crippen LogP contribution in [0.5, 0.6) is 0 Å². The molecule has 1 saturated heterocycles. The van der Waals surface area contributed by atoms with E-state index in [0.29, 0.717) is 5.69 Å². The molecule has 2 N–H and O–H groups in total. The van der Waals surface area contributed by atoms with Gasteiger partial charge >= 0.3 is 0 Å². The minimum absolute atomic E-state index is 0.140. The topological polar surface area (TPSA) is 78.5 Å². The predicted molar refractivity (Wildman–Crippen MR) is 127 cm³/mol. The standard InChI is InChI=1S/C23H31N3O3S2/c1-17(2)23(27)25-21-14-20(10-11-22(21)30-3)31(28,29)24-15-18-8-4-5-9-19(18)16-26-12-6-7-13-26/h4-5,8-11,14,17,24H,6-7,12-13,15-16H2,1-3H3,(H,25,27). The van der Waals surface area contributed by atoms with E-state index >= 15 is 0 Å². The molecule has 0 saturated carbocycles. The molecule has 8 heteroatoms. The maximum absolute atomic E-state index is 13.0. The fraction of sp³-hybridized carbons (Fsp3) is 0.435. The van der Waals surface area contributed by atoms with Crippen molar-refractivity contribution in [2.24, 2.45) is 5.92 Å². The SMILES string of the molecule is CSc1ccc(S(=O)(=O)NCc2ccccc2CN2CCCC2)cc1NC(=O)C(C)C. The van der Waals surface area contributed by atoms with E-state index in [-0.39, 0.29) is 23.3 Å². The van der Waals surface area contributed by atoms with E-state index in [9.17, 15) is 13.2 Å². The lowest BCUT2D eigenvalue weighted by molar-refractivity contribution is -0.118. The highest BCUT2D eigenvalue weighted by molar-refractivity contribution is 7.98. The van der Waals surface area contributed by atoms with E-state index in [1.54, 1.807) is 26.0 Å². The number of amides is 1. The molecule has 1 aliphatic rings. The fourth-order valence-corrected chi connectivity index (χ4v) is 5.12. The number of sulfonamides is 1. The zero-order valence-electron chi connectivity index (χ0n) is 18.3. The van der Waals surface area contributed by atoms with Crippen molar-refractivity contribution in [2.45, 2.75) is 49.6 Å². The lowest BCUT2D eigenvalue weighted by atomic mass is 10.1. The molecule has 0 radical (unpaired) electrons. The van der Waals surface area contributed by atoms with E-state index in [1.165, 1.54) is 30.7 Å². The first-order chi connectivity index (χ1) is 14.8. The van der Waals surface area contributed by atoms with Crippen LogP contribution in [-0.4, -0.2) is 38.6 Å². The summed E-state index contributed by atoms with van der Waals surface area (Å²) in [4.78, 5) is 15.5. The Morgan fingerprint density at radius 1 is 1.10 bits per heavy atom. The molecule has 6 nitrogen and oxygen atoms in total. The van der Waals surface area contributed by atoms with Crippen LogP contribution < -0.4 is 10.0 Å². The average molecular weight is 462 g/mol. The number of likely N-dealkylation sites (tertiary alicyclic amines) is 1. The molecule has 0 atom stereocenters. The van der Waals surface area contributed by atoms with E-state index in [0.717, 1.165) is 35.7 Å². The predicted octanol–water partition coefficient (Wildman–Crippen LogP) is 4.08. The lowest BCUT2D eigenvalue weighted by Crippen LogP contribution is -2.25. The molecule has 168 valence electrons. The molecular formula is C23H31N3O3S2. The first kappa shape index (κ1) is 23.8. The van der Waals surface area contributed by atoms with Crippen molar-refractivity contribution in [3.8, 4) is 0 Å². The van der Waals surface area contributed by atoms with Crippen LogP contribution in [0.2, 0.25) is 0 Å².